The molecule has 1 amide bonds. The van der Waals surface area contributed by atoms with Crippen molar-refractivity contribution >= 4 is 34.0 Å². The predicted octanol–water partition coefficient (Wildman–Crippen LogP) is 2.00. The minimum absolute atomic E-state index is 0. The zero-order valence-electron chi connectivity index (χ0n) is 14.2. The third kappa shape index (κ3) is 3.60. The van der Waals surface area contributed by atoms with Crippen LogP contribution in [0.4, 0.5) is 10.1 Å². The molecule has 0 heterocycles. The van der Waals surface area contributed by atoms with Gasteiger partial charge in [-0.25, -0.2) is 17.5 Å². The van der Waals surface area contributed by atoms with Gasteiger partial charge in [0.1, 0.15) is 10.7 Å². The minimum Gasteiger partial charge on any atom is -0.327 e. The molecular weight excluding hydrogens is 381 g/mol. The molecule has 4 atom stereocenters. The van der Waals surface area contributed by atoms with E-state index in [9.17, 15) is 17.6 Å². The molecule has 0 saturated heterocycles. The number of carbonyl (C=O) groups is 1. The number of nitrogens with two attached hydrogens (primary N) is 1. The van der Waals surface area contributed by atoms with Crippen LogP contribution in [0.1, 0.15) is 32.1 Å². The molecule has 0 aliphatic heterocycles. The van der Waals surface area contributed by atoms with Crippen LogP contribution in [0.3, 0.4) is 0 Å². The molecule has 2 bridgehead atoms. The highest BCUT2D eigenvalue weighted by molar-refractivity contribution is 7.89. The summed E-state index contributed by atoms with van der Waals surface area (Å²) in [4.78, 5) is 12.2. The Morgan fingerprint density at radius 2 is 1.85 bits per heavy atom. The van der Waals surface area contributed by atoms with Gasteiger partial charge in [-0.3, -0.25) is 4.79 Å². The lowest BCUT2D eigenvalue weighted by Gasteiger charge is -2.27. The monoisotopic (exact) mass is 403 g/mol. The molecule has 3 aliphatic rings. The fraction of sp³-hybridized carbons (Fsp3) is 0.588. The van der Waals surface area contributed by atoms with Crippen LogP contribution >= 0.6 is 12.4 Å². The van der Waals surface area contributed by atoms with Gasteiger partial charge in [0.15, 0.2) is 0 Å². The van der Waals surface area contributed by atoms with Crippen molar-refractivity contribution < 1.29 is 17.6 Å². The number of anilines is 1. The number of rotatable bonds is 5. The number of fused-ring (bicyclic) bond motifs is 2. The summed E-state index contributed by atoms with van der Waals surface area (Å²) in [6.45, 7) is 0. The molecule has 9 heteroatoms. The number of sulfonamides is 1. The first-order valence-electron chi connectivity index (χ1n) is 8.73. The van der Waals surface area contributed by atoms with Crippen LogP contribution in [0.2, 0.25) is 0 Å². The van der Waals surface area contributed by atoms with Crippen molar-refractivity contribution in [2.24, 2.45) is 23.5 Å². The van der Waals surface area contributed by atoms with Crippen LogP contribution in [-0.4, -0.2) is 26.4 Å². The zero-order valence-corrected chi connectivity index (χ0v) is 15.8. The van der Waals surface area contributed by atoms with E-state index in [1.54, 1.807) is 0 Å². The fourth-order valence-corrected chi connectivity index (χ4v) is 5.63. The third-order valence-electron chi connectivity index (χ3n) is 5.67. The molecule has 26 heavy (non-hydrogen) atoms. The summed E-state index contributed by atoms with van der Waals surface area (Å²) in [6, 6.07) is 3.35. The van der Waals surface area contributed by atoms with E-state index in [2.05, 4.69) is 10.0 Å². The number of hydrogen-bond donors (Lipinski definition) is 3. The van der Waals surface area contributed by atoms with E-state index in [1.807, 2.05) is 0 Å². The molecule has 3 fully saturated rings. The Balaban J connectivity index is 0.00000196. The summed E-state index contributed by atoms with van der Waals surface area (Å²) in [5, 5.41) is 2.73. The first-order chi connectivity index (χ1) is 11.8. The lowest BCUT2D eigenvalue weighted by Crippen LogP contribution is -2.42. The van der Waals surface area contributed by atoms with Crippen LogP contribution in [0.5, 0.6) is 0 Å². The van der Waals surface area contributed by atoms with Crippen LogP contribution in [0.15, 0.2) is 23.1 Å². The van der Waals surface area contributed by atoms with Gasteiger partial charge in [-0.1, -0.05) is 0 Å². The number of carbonyl (C=O) groups excluding carboxylic acids is 1. The summed E-state index contributed by atoms with van der Waals surface area (Å²) in [7, 11) is -3.93. The van der Waals surface area contributed by atoms with Crippen molar-refractivity contribution in [1.82, 2.24) is 4.72 Å². The highest BCUT2D eigenvalue weighted by Gasteiger charge is 2.49. The van der Waals surface area contributed by atoms with Gasteiger partial charge in [0.25, 0.3) is 0 Å². The van der Waals surface area contributed by atoms with Gasteiger partial charge in [0.2, 0.25) is 15.9 Å². The fourth-order valence-electron chi connectivity index (χ4n) is 4.22. The van der Waals surface area contributed by atoms with Gasteiger partial charge in [-0.05, 0) is 62.1 Å². The highest BCUT2D eigenvalue weighted by Crippen LogP contribution is 2.47. The number of nitrogens with one attached hydrogen (secondary N) is 2. The second-order valence-corrected chi connectivity index (χ2v) is 9.15. The molecule has 4 rings (SSSR count). The third-order valence-corrected chi connectivity index (χ3v) is 7.21. The second-order valence-electron chi connectivity index (χ2n) is 7.47. The smallest absolute Gasteiger partial charge is 0.243 e. The first-order valence-corrected chi connectivity index (χ1v) is 10.2. The molecule has 3 aliphatic carbocycles. The Morgan fingerprint density at radius 1 is 1.15 bits per heavy atom. The van der Waals surface area contributed by atoms with Crippen molar-refractivity contribution in [1.29, 1.82) is 0 Å². The van der Waals surface area contributed by atoms with Crippen LogP contribution in [-0.2, 0) is 14.8 Å². The molecular formula is C17H23ClFN3O3S. The summed E-state index contributed by atoms with van der Waals surface area (Å²) in [5.74, 6) is -0.603. The van der Waals surface area contributed by atoms with Gasteiger partial charge < -0.3 is 11.1 Å². The maximum atomic E-state index is 14.0. The van der Waals surface area contributed by atoms with Crippen molar-refractivity contribution in [2.75, 3.05) is 5.32 Å². The van der Waals surface area contributed by atoms with Crippen LogP contribution < -0.4 is 15.8 Å². The number of amides is 1. The highest BCUT2D eigenvalue weighted by atomic mass is 35.5. The van der Waals surface area contributed by atoms with Crippen molar-refractivity contribution in [3.05, 3.63) is 24.0 Å². The molecule has 0 aromatic heterocycles. The Morgan fingerprint density at radius 3 is 2.46 bits per heavy atom. The average Bonchev–Trinajstić information content (AvgIpc) is 3.12. The summed E-state index contributed by atoms with van der Waals surface area (Å²) >= 11 is 0. The number of halogens is 2. The van der Waals surface area contributed by atoms with Crippen LogP contribution in [0.25, 0.3) is 0 Å². The first kappa shape index (κ1) is 19.5. The predicted molar refractivity (Wildman–Crippen MR) is 97.9 cm³/mol. The van der Waals surface area contributed by atoms with Gasteiger partial charge in [0, 0.05) is 17.8 Å². The molecule has 4 N–H and O–H groups in total. The standard InChI is InChI=1S/C17H22FN3O3S.ClH/c18-13-6-5-12(8-14(13)25(23,24)21-11-3-4-11)20-17(22)15-9-1-2-10(7-9)16(15)19;/h5-6,8-11,15-16,21H,1-4,7,19H2,(H,20,22);1H. The molecule has 3 saturated carbocycles. The Bertz CT molecular complexity index is 813. The van der Waals surface area contributed by atoms with E-state index in [0.717, 1.165) is 38.2 Å². The van der Waals surface area contributed by atoms with Crippen molar-refractivity contribution in [3.8, 4) is 0 Å². The second kappa shape index (κ2) is 7.07. The summed E-state index contributed by atoms with van der Waals surface area (Å²) in [6.07, 6.45) is 4.58. The SMILES string of the molecule is Cl.NC1C2CCC(C2)C1C(=O)Nc1ccc(F)c(S(=O)(=O)NC2CC2)c1. The molecule has 0 radical (unpaired) electrons. The Hall–Kier alpha value is -1.22. The largest absolute Gasteiger partial charge is 0.327 e. The normalized spacial score (nSPS) is 30.1. The van der Waals surface area contributed by atoms with Gasteiger partial charge in [0.05, 0.1) is 5.92 Å². The molecule has 1 aromatic carbocycles. The van der Waals surface area contributed by atoms with E-state index >= 15 is 0 Å². The van der Waals surface area contributed by atoms with Gasteiger partial charge in [-0.15, -0.1) is 12.4 Å². The quantitative estimate of drug-likeness (QED) is 0.699. The van der Waals surface area contributed by atoms with E-state index < -0.39 is 20.7 Å². The van der Waals surface area contributed by atoms with E-state index in [-0.39, 0.29) is 42.0 Å². The lowest BCUT2D eigenvalue weighted by atomic mass is 9.84. The van der Waals surface area contributed by atoms with Crippen molar-refractivity contribution in [2.45, 2.75) is 49.1 Å². The summed E-state index contributed by atoms with van der Waals surface area (Å²) < 4.78 is 41.0. The molecule has 1 aromatic rings. The average molecular weight is 404 g/mol. The molecule has 0 spiro atoms. The Labute approximate surface area is 158 Å². The maximum absolute atomic E-state index is 14.0. The van der Waals surface area contributed by atoms with Gasteiger partial charge in [-0.2, -0.15) is 0 Å². The lowest BCUT2D eigenvalue weighted by molar-refractivity contribution is -0.121. The molecule has 144 valence electrons. The number of hydrogen-bond acceptors (Lipinski definition) is 4. The summed E-state index contributed by atoms with van der Waals surface area (Å²) in [5.41, 5.74) is 6.45. The van der Waals surface area contributed by atoms with Crippen molar-refractivity contribution in [3.63, 3.8) is 0 Å². The van der Waals surface area contributed by atoms with E-state index in [1.165, 1.54) is 12.1 Å². The number of benzene rings is 1. The zero-order chi connectivity index (χ0) is 17.8. The topological polar surface area (TPSA) is 101 Å². The van der Waals surface area contributed by atoms with Crippen LogP contribution in [0, 0.1) is 23.6 Å². The minimum atomic E-state index is -3.93. The van der Waals surface area contributed by atoms with E-state index in [4.69, 9.17) is 5.73 Å². The maximum Gasteiger partial charge on any atom is 0.243 e. The molecule has 4 unspecified atom stereocenters. The molecule has 6 nitrogen and oxygen atoms in total. The van der Waals surface area contributed by atoms with E-state index in [0.29, 0.717) is 11.8 Å². The van der Waals surface area contributed by atoms with Gasteiger partial charge >= 0.3 is 0 Å². The Kier molecular flexibility index (Phi) is 5.31.